The van der Waals surface area contributed by atoms with E-state index < -0.39 is 0 Å². The predicted octanol–water partition coefficient (Wildman–Crippen LogP) is 16.1. The summed E-state index contributed by atoms with van der Waals surface area (Å²) in [6, 6.07) is 70.4. The minimum Gasteiger partial charge on any atom is -0.308 e. The number of thiophene rings is 1. The lowest BCUT2D eigenvalue weighted by atomic mass is 9.81. The van der Waals surface area contributed by atoms with Gasteiger partial charge in [0.1, 0.15) is 0 Å². The number of para-hydroxylation sites is 3. The highest BCUT2D eigenvalue weighted by Gasteiger charge is 2.35. The Bertz CT molecular complexity index is 3970. The third-order valence-corrected chi connectivity index (χ3v) is 15.0. The molecule has 0 spiro atoms. The van der Waals surface area contributed by atoms with Crippen molar-refractivity contribution in [3.8, 4) is 22.3 Å². The van der Waals surface area contributed by atoms with Crippen molar-refractivity contribution in [1.82, 2.24) is 8.80 Å². The number of anilines is 3. The van der Waals surface area contributed by atoms with E-state index in [4.69, 9.17) is 0 Å². The summed E-state index contributed by atoms with van der Waals surface area (Å²) in [5.74, 6) is 0. The van der Waals surface area contributed by atoms with E-state index in [0.717, 1.165) is 17.1 Å². The highest BCUT2D eigenvalue weighted by atomic mass is 32.1. The second kappa shape index (κ2) is 11.9. The van der Waals surface area contributed by atoms with Crippen molar-refractivity contribution in [2.45, 2.75) is 19.3 Å². The van der Waals surface area contributed by atoms with E-state index in [1.165, 1.54) is 108 Å². The molecule has 1 aliphatic carbocycles. The highest BCUT2D eigenvalue weighted by molar-refractivity contribution is 7.25. The van der Waals surface area contributed by atoms with Crippen molar-refractivity contribution in [3.63, 3.8) is 0 Å². The smallest absolute Gasteiger partial charge is 0.0947 e. The van der Waals surface area contributed by atoms with Crippen LogP contribution in [-0.2, 0) is 5.41 Å². The second-order valence-corrected chi connectivity index (χ2v) is 18.4. The largest absolute Gasteiger partial charge is 0.308 e. The molecular formula is C57H37N3S. The van der Waals surface area contributed by atoms with Gasteiger partial charge in [-0.1, -0.05) is 135 Å². The van der Waals surface area contributed by atoms with Gasteiger partial charge in [0.15, 0.2) is 0 Å². The molecule has 61 heavy (non-hydrogen) atoms. The lowest BCUT2D eigenvalue weighted by Crippen LogP contribution is -2.14. The van der Waals surface area contributed by atoms with Crippen molar-refractivity contribution in [2.24, 2.45) is 0 Å². The molecule has 9 aromatic carbocycles. The van der Waals surface area contributed by atoms with Gasteiger partial charge in [-0.3, -0.25) is 0 Å². The zero-order valence-corrected chi connectivity index (χ0v) is 34.5. The molecule has 0 bridgehead atoms. The van der Waals surface area contributed by atoms with Crippen LogP contribution in [0.3, 0.4) is 0 Å². The lowest BCUT2D eigenvalue weighted by Gasteiger charge is -2.28. The first-order valence-corrected chi connectivity index (χ1v) is 22.0. The van der Waals surface area contributed by atoms with Crippen molar-refractivity contribution in [1.29, 1.82) is 0 Å². The molecular weight excluding hydrogens is 759 g/mol. The predicted molar refractivity (Wildman–Crippen MR) is 260 cm³/mol. The van der Waals surface area contributed by atoms with Crippen LogP contribution in [-0.4, -0.2) is 8.80 Å². The Labute approximate surface area is 355 Å². The van der Waals surface area contributed by atoms with Gasteiger partial charge in [0.25, 0.3) is 0 Å². The molecule has 4 aromatic heterocycles. The molecule has 0 unspecified atom stereocenters. The fraction of sp³-hybridized carbons (Fsp3) is 0.0526. The summed E-state index contributed by atoms with van der Waals surface area (Å²) in [6.07, 6.45) is 0. The Hall–Kier alpha value is -7.40. The van der Waals surface area contributed by atoms with E-state index in [0.29, 0.717) is 0 Å². The summed E-state index contributed by atoms with van der Waals surface area (Å²) in [6.45, 7) is 4.72. The molecule has 14 rings (SSSR count). The van der Waals surface area contributed by atoms with Crippen LogP contribution in [0, 0.1) is 0 Å². The molecule has 0 atom stereocenters. The van der Waals surface area contributed by atoms with Crippen LogP contribution in [0.5, 0.6) is 0 Å². The quantitative estimate of drug-likeness (QED) is 0.162. The SMILES string of the molecule is CC1(C)c2ccccc2-c2ccc(-c3ccc(N(c4ccc5sc6ccccc6c5c4)c4cccc5c4n4c6ccccc6c6ccc7c8ccccc8n5c7c64)cc3)cc21. The van der Waals surface area contributed by atoms with Crippen LogP contribution in [0.15, 0.2) is 188 Å². The number of hydrogen-bond donors (Lipinski definition) is 0. The van der Waals surface area contributed by atoms with Gasteiger partial charge in [-0.05, 0) is 100 Å². The molecule has 4 heteroatoms. The van der Waals surface area contributed by atoms with Crippen LogP contribution in [0.4, 0.5) is 17.1 Å². The van der Waals surface area contributed by atoms with Gasteiger partial charge in [0.2, 0.25) is 0 Å². The monoisotopic (exact) mass is 795 g/mol. The van der Waals surface area contributed by atoms with Gasteiger partial charge >= 0.3 is 0 Å². The average Bonchev–Trinajstić information content (AvgIpc) is 4.02. The molecule has 4 heterocycles. The maximum absolute atomic E-state index is 2.56. The molecule has 0 radical (unpaired) electrons. The first kappa shape index (κ1) is 33.4. The molecule has 0 aliphatic heterocycles. The maximum Gasteiger partial charge on any atom is 0.0947 e. The zero-order chi connectivity index (χ0) is 40.1. The molecule has 0 fully saturated rings. The first-order valence-electron chi connectivity index (χ1n) is 21.2. The van der Waals surface area contributed by atoms with Gasteiger partial charge in [0.05, 0.1) is 38.8 Å². The number of rotatable bonds is 4. The van der Waals surface area contributed by atoms with E-state index >= 15 is 0 Å². The molecule has 0 N–H and O–H groups in total. The van der Waals surface area contributed by atoms with Crippen LogP contribution in [0.2, 0.25) is 0 Å². The number of aromatic nitrogens is 2. The van der Waals surface area contributed by atoms with Gasteiger partial charge in [-0.25, -0.2) is 0 Å². The van der Waals surface area contributed by atoms with Crippen LogP contribution in [0.1, 0.15) is 25.0 Å². The summed E-state index contributed by atoms with van der Waals surface area (Å²) in [4.78, 5) is 2.49. The van der Waals surface area contributed by atoms with E-state index in [9.17, 15) is 0 Å². The molecule has 1 aliphatic rings. The van der Waals surface area contributed by atoms with E-state index in [2.05, 4.69) is 216 Å². The zero-order valence-electron chi connectivity index (χ0n) is 33.6. The summed E-state index contributed by atoms with van der Waals surface area (Å²) in [5, 5.41) is 7.67. The minimum absolute atomic E-state index is 0.0567. The van der Waals surface area contributed by atoms with E-state index in [-0.39, 0.29) is 5.41 Å². The molecule has 13 aromatic rings. The molecule has 0 amide bonds. The highest BCUT2D eigenvalue weighted by Crippen LogP contribution is 2.51. The summed E-state index contributed by atoms with van der Waals surface area (Å²) in [7, 11) is 0. The number of benzene rings is 9. The fourth-order valence-electron chi connectivity index (χ4n) is 11.1. The summed E-state index contributed by atoms with van der Waals surface area (Å²) >= 11 is 1.86. The van der Waals surface area contributed by atoms with Gasteiger partial charge in [-0.15, -0.1) is 11.3 Å². The van der Waals surface area contributed by atoms with Gasteiger partial charge in [-0.2, -0.15) is 0 Å². The Balaban J connectivity index is 1.05. The maximum atomic E-state index is 2.56. The summed E-state index contributed by atoms with van der Waals surface area (Å²) in [5.41, 5.74) is 18.6. The van der Waals surface area contributed by atoms with E-state index in [1.54, 1.807) is 0 Å². The standard InChI is InChI=1S/C57H37N3S/c1-57(2)46-16-7-3-12-38(46)39-28-24-35(32-47(39)57)34-22-25-36(26-23-34)58(37-27-31-53-45(33-37)42-15-6-10-21-52(42)61-53)50-19-11-20-51-56(50)60-49-18-9-5-14-41(49)44-30-29-43-40-13-4-8-17-48(40)59(51)54(43)55(44)60/h3-33H,1-2H3. The third kappa shape index (κ3) is 4.37. The normalized spacial score (nSPS) is 13.5. The fourth-order valence-corrected chi connectivity index (χ4v) is 12.1. The molecule has 3 nitrogen and oxygen atoms in total. The Morgan fingerprint density at radius 2 is 1.00 bits per heavy atom. The number of nitrogens with zero attached hydrogens (tertiary/aromatic N) is 3. The van der Waals surface area contributed by atoms with Crippen molar-refractivity contribution in [3.05, 3.63) is 199 Å². The van der Waals surface area contributed by atoms with Crippen LogP contribution < -0.4 is 4.90 Å². The first-order chi connectivity index (χ1) is 30.0. The van der Waals surface area contributed by atoms with Crippen LogP contribution in [0.25, 0.3) is 97.1 Å². The molecule has 0 saturated carbocycles. The average molecular weight is 796 g/mol. The van der Waals surface area contributed by atoms with Crippen molar-refractivity contribution >= 4 is 103 Å². The van der Waals surface area contributed by atoms with Gasteiger partial charge < -0.3 is 13.7 Å². The lowest BCUT2D eigenvalue weighted by molar-refractivity contribution is 0.660. The minimum atomic E-state index is -0.0567. The Kier molecular flexibility index (Phi) is 6.51. The van der Waals surface area contributed by atoms with Crippen molar-refractivity contribution < 1.29 is 0 Å². The number of hydrogen-bond acceptors (Lipinski definition) is 2. The topological polar surface area (TPSA) is 12.1 Å². The van der Waals surface area contributed by atoms with E-state index in [1.807, 2.05) is 11.3 Å². The summed E-state index contributed by atoms with van der Waals surface area (Å²) < 4.78 is 7.69. The Morgan fingerprint density at radius 3 is 1.80 bits per heavy atom. The molecule has 286 valence electrons. The van der Waals surface area contributed by atoms with Crippen molar-refractivity contribution in [2.75, 3.05) is 4.90 Å². The number of fused-ring (bicyclic) bond motifs is 15. The second-order valence-electron chi connectivity index (χ2n) is 17.3. The van der Waals surface area contributed by atoms with Crippen LogP contribution >= 0.6 is 11.3 Å². The Morgan fingerprint density at radius 1 is 0.393 bits per heavy atom. The third-order valence-electron chi connectivity index (χ3n) is 13.8. The van der Waals surface area contributed by atoms with Gasteiger partial charge in [0, 0.05) is 58.5 Å². The molecule has 0 saturated heterocycles.